The molecule has 0 radical (unpaired) electrons. The molecule has 1 atom stereocenters. The van der Waals surface area contributed by atoms with Gasteiger partial charge in [0.25, 0.3) is 0 Å². The van der Waals surface area contributed by atoms with E-state index in [4.69, 9.17) is 4.74 Å². The zero-order valence-electron chi connectivity index (χ0n) is 10.2. The van der Waals surface area contributed by atoms with E-state index in [-0.39, 0.29) is 11.9 Å². The molecule has 5 heteroatoms. The summed E-state index contributed by atoms with van der Waals surface area (Å²) < 4.78 is 6.78. The summed E-state index contributed by atoms with van der Waals surface area (Å²) in [5.74, 6) is 0.506. The van der Waals surface area contributed by atoms with Crippen molar-refractivity contribution in [3.8, 4) is 0 Å². The van der Waals surface area contributed by atoms with Crippen LogP contribution >= 0.6 is 11.8 Å². The highest BCUT2D eigenvalue weighted by Crippen LogP contribution is 2.21. The molecule has 0 saturated heterocycles. The number of aryl methyl sites for hydroxylation is 2. The van der Waals surface area contributed by atoms with E-state index in [0.29, 0.717) is 6.61 Å². The third-order valence-corrected chi connectivity index (χ3v) is 3.47. The summed E-state index contributed by atoms with van der Waals surface area (Å²) in [5.41, 5.74) is 0.994. The number of hydrogen-bond acceptors (Lipinski definition) is 4. The number of nitrogens with zero attached hydrogens (tertiary/aromatic N) is 2. The van der Waals surface area contributed by atoms with E-state index >= 15 is 0 Å². The standard InChI is InChI=1S/C11H18N2O2S/c1-5-15-11(14)8(2)7-16-10-6-9(3)12-13(10)4/h6,8H,5,7H2,1-4H3. The summed E-state index contributed by atoms with van der Waals surface area (Å²) >= 11 is 1.63. The third kappa shape index (κ3) is 3.56. The summed E-state index contributed by atoms with van der Waals surface area (Å²) in [5, 5.41) is 5.33. The van der Waals surface area contributed by atoms with Gasteiger partial charge in [0.1, 0.15) is 0 Å². The molecule has 0 fully saturated rings. The SMILES string of the molecule is CCOC(=O)C(C)CSc1cc(C)nn1C. The average Bonchev–Trinajstić information content (AvgIpc) is 2.54. The van der Waals surface area contributed by atoms with Crippen LogP contribution in [0.2, 0.25) is 0 Å². The molecule has 0 spiro atoms. The molecule has 90 valence electrons. The van der Waals surface area contributed by atoms with Gasteiger partial charge >= 0.3 is 5.97 Å². The van der Waals surface area contributed by atoms with Crippen molar-refractivity contribution < 1.29 is 9.53 Å². The average molecular weight is 242 g/mol. The monoisotopic (exact) mass is 242 g/mol. The van der Waals surface area contributed by atoms with Gasteiger partial charge < -0.3 is 4.74 Å². The molecule has 0 amide bonds. The topological polar surface area (TPSA) is 44.1 Å². The molecule has 1 heterocycles. The van der Waals surface area contributed by atoms with Crippen molar-refractivity contribution in [1.29, 1.82) is 0 Å². The molecule has 1 aromatic heterocycles. The normalized spacial score (nSPS) is 12.5. The first-order chi connectivity index (χ1) is 7.54. The quantitative estimate of drug-likeness (QED) is 0.585. The van der Waals surface area contributed by atoms with Crippen molar-refractivity contribution in [2.24, 2.45) is 13.0 Å². The van der Waals surface area contributed by atoms with Crippen LogP contribution in [0.25, 0.3) is 0 Å². The smallest absolute Gasteiger partial charge is 0.309 e. The minimum absolute atomic E-state index is 0.0832. The van der Waals surface area contributed by atoms with Gasteiger partial charge in [-0.05, 0) is 19.9 Å². The Morgan fingerprint density at radius 1 is 1.69 bits per heavy atom. The highest BCUT2D eigenvalue weighted by Gasteiger charge is 2.15. The minimum Gasteiger partial charge on any atom is -0.466 e. The molecule has 0 bridgehead atoms. The maximum Gasteiger partial charge on any atom is 0.309 e. The van der Waals surface area contributed by atoms with E-state index in [9.17, 15) is 4.79 Å². The molecule has 4 nitrogen and oxygen atoms in total. The van der Waals surface area contributed by atoms with Gasteiger partial charge in [-0.2, -0.15) is 5.10 Å². The van der Waals surface area contributed by atoms with E-state index in [1.54, 1.807) is 11.8 Å². The lowest BCUT2D eigenvalue weighted by Gasteiger charge is -2.09. The zero-order chi connectivity index (χ0) is 12.1. The summed E-state index contributed by atoms with van der Waals surface area (Å²) in [6.45, 7) is 6.11. The lowest BCUT2D eigenvalue weighted by molar-refractivity contribution is -0.146. The van der Waals surface area contributed by atoms with E-state index in [1.807, 2.05) is 38.6 Å². The Kier molecular flexibility index (Phi) is 4.86. The predicted molar refractivity (Wildman–Crippen MR) is 64.5 cm³/mol. The second-order valence-corrected chi connectivity index (χ2v) is 4.75. The van der Waals surface area contributed by atoms with Crippen LogP contribution in [-0.2, 0) is 16.6 Å². The molecule has 0 aliphatic heterocycles. The number of carbonyl (C=O) groups excluding carboxylic acids is 1. The van der Waals surface area contributed by atoms with Crippen molar-refractivity contribution >= 4 is 17.7 Å². The molecule has 0 aromatic carbocycles. The van der Waals surface area contributed by atoms with Gasteiger partial charge in [0.05, 0.1) is 23.2 Å². The highest BCUT2D eigenvalue weighted by atomic mass is 32.2. The summed E-state index contributed by atoms with van der Waals surface area (Å²) in [4.78, 5) is 11.4. The van der Waals surface area contributed by atoms with E-state index in [1.165, 1.54) is 0 Å². The molecule has 0 aliphatic rings. The van der Waals surface area contributed by atoms with Crippen LogP contribution in [-0.4, -0.2) is 28.1 Å². The van der Waals surface area contributed by atoms with Crippen molar-refractivity contribution in [1.82, 2.24) is 9.78 Å². The molecule has 0 saturated carbocycles. The number of hydrogen-bond donors (Lipinski definition) is 0. The molecule has 0 N–H and O–H groups in total. The summed E-state index contributed by atoms with van der Waals surface area (Å²) in [6, 6.07) is 2.02. The van der Waals surface area contributed by atoms with Gasteiger partial charge in [-0.15, -0.1) is 11.8 Å². The van der Waals surface area contributed by atoms with Crippen LogP contribution in [0.4, 0.5) is 0 Å². The van der Waals surface area contributed by atoms with Gasteiger partial charge in [0.2, 0.25) is 0 Å². The Hall–Kier alpha value is -0.970. The fourth-order valence-electron chi connectivity index (χ4n) is 1.28. The fourth-order valence-corrected chi connectivity index (χ4v) is 2.32. The Morgan fingerprint density at radius 2 is 2.38 bits per heavy atom. The van der Waals surface area contributed by atoms with Crippen molar-refractivity contribution in [3.05, 3.63) is 11.8 Å². The largest absolute Gasteiger partial charge is 0.466 e. The first kappa shape index (κ1) is 13.1. The van der Waals surface area contributed by atoms with Gasteiger partial charge in [-0.3, -0.25) is 9.48 Å². The van der Waals surface area contributed by atoms with Gasteiger partial charge in [-0.25, -0.2) is 0 Å². The minimum atomic E-state index is -0.131. The Balaban J connectivity index is 2.45. The van der Waals surface area contributed by atoms with E-state index in [2.05, 4.69) is 5.10 Å². The lowest BCUT2D eigenvalue weighted by atomic mass is 10.2. The van der Waals surface area contributed by atoms with Crippen molar-refractivity contribution in [3.63, 3.8) is 0 Å². The van der Waals surface area contributed by atoms with Crippen molar-refractivity contribution in [2.75, 3.05) is 12.4 Å². The first-order valence-corrected chi connectivity index (χ1v) is 6.33. The van der Waals surface area contributed by atoms with Crippen LogP contribution < -0.4 is 0 Å². The van der Waals surface area contributed by atoms with Crippen LogP contribution in [0.1, 0.15) is 19.5 Å². The number of ether oxygens (including phenoxy) is 1. The maximum atomic E-state index is 11.4. The molecule has 1 unspecified atom stereocenters. The number of rotatable bonds is 5. The van der Waals surface area contributed by atoms with Crippen LogP contribution in [0.3, 0.4) is 0 Å². The molecule has 1 rings (SSSR count). The molecule has 16 heavy (non-hydrogen) atoms. The van der Waals surface area contributed by atoms with E-state index in [0.717, 1.165) is 16.5 Å². The molecule has 1 aromatic rings. The Morgan fingerprint density at radius 3 is 2.88 bits per heavy atom. The van der Waals surface area contributed by atoms with Gasteiger partial charge in [-0.1, -0.05) is 6.92 Å². The highest BCUT2D eigenvalue weighted by molar-refractivity contribution is 7.99. The van der Waals surface area contributed by atoms with Crippen LogP contribution in [0, 0.1) is 12.8 Å². The van der Waals surface area contributed by atoms with Gasteiger partial charge in [0, 0.05) is 12.8 Å². The van der Waals surface area contributed by atoms with Crippen LogP contribution in [0.5, 0.6) is 0 Å². The zero-order valence-corrected chi connectivity index (χ0v) is 11.0. The molecular formula is C11H18N2O2S. The summed E-state index contributed by atoms with van der Waals surface area (Å²) in [7, 11) is 1.91. The second-order valence-electron chi connectivity index (χ2n) is 3.71. The molecular weight excluding hydrogens is 224 g/mol. The fraction of sp³-hybridized carbons (Fsp3) is 0.636. The lowest BCUT2D eigenvalue weighted by Crippen LogP contribution is -2.16. The molecule has 0 aliphatic carbocycles. The number of thioether (sulfide) groups is 1. The van der Waals surface area contributed by atoms with Crippen LogP contribution in [0.15, 0.2) is 11.1 Å². The van der Waals surface area contributed by atoms with E-state index < -0.39 is 0 Å². The Labute approximate surface area is 100 Å². The second kappa shape index (κ2) is 5.94. The Bertz CT molecular complexity index is 363. The third-order valence-electron chi connectivity index (χ3n) is 2.13. The first-order valence-electron chi connectivity index (χ1n) is 5.34. The predicted octanol–water partition coefficient (Wildman–Crippen LogP) is 2.02. The summed E-state index contributed by atoms with van der Waals surface area (Å²) in [6.07, 6.45) is 0. The number of aromatic nitrogens is 2. The van der Waals surface area contributed by atoms with Crippen molar-refractivity contribution in [2.45, 2.75) is 25.8 Å². The number of esters is 1. The van der Waals surface area contributed by atoms with Gasteiger partial charge in [0.15, 0.2) is 0 Å². The maximum absolute atomic E-state index is 11.4. The number of carbonyl (C=O) groups is 1.